The van der Waals surface area contributed by atoms with Crippen LogP contribution in [0.15, 0.2) is 219 Å². The summed E-state index contributed by atoms with van der Waals surface area (Å²) in [4.78, 5) is 75.5. The van der Waals surface area contributed by atoms with Crippen molar-refractivity contribution in [1.82, 2.24) is 26.3 Å². The van der Waals surface area contributed by atoms with Gasteiger partial charge in [0.05, 0.1) is 15.9 Å². The Labute approximate surface area is 446 Å². The van der Waals surface area contributed by atoms with Crippen molar-refractivity contribution in [3.8, 4) is 0 Å². The second kappa shape index (κ2) is 24.5. The third kappa shape index (κ3) is 12.4. The van der Waals surface area contributed by atoms with Crippen LogP contribution in [0.5, 0.6) is 0 Å². The molecule has 1 aliphatic heterocycles. The summed E-state index contributed by atoms with van der Waals surface area (Å²) in [7, 11) is 0. The maximum Gasteiger partial charge on any atom is 0.326 e. The molecule has 3 atom stereocenters. The summed E-state index contributed by atoms with van der Waals surface area (Å²) in [6, 6.07) is 62.4. The molecule has 1 spiro atoms. The minimum atomic E-state index is -1.30. The molecule has 2 heterocycles. The normalized spacial score (nSPS) is 18.6. The Balaban J connectivity index is 0.994. The fourth-order valence-electron chi connectivity index (χ4n) is 9.67. The van der Waals surface area contributed by atoms with E-state index < -0.39 is 69.4 Å². The van der Waals surface area contributed by atoms with Crippen molar-refractivity contribution in [3.63, 3.8) is 0 Å². The Bertz CT molecular complexity index is 2850. The van der Waals surface area contributed by atoms with Crippen LogP contribution < -0.4 is 21.3 Å². The summed E-state index contributed by atoms with van der Waals surface area (Å²) in [6.07, 6.45) is 6.75. The average Bonchev–Trinajstić information content (AvgIpc) is 4.25. The molecule has 380 valence electrons. The standard InChI is InChI=1S/C62H59N5O6S2/c68-55-42-52(33-19-20-40-74-61(46-21-7-1-8-22-46,47-23-9-2-10-24-47)48-25-11-3-12-26-48)73-56(69)43-64-59(72)60(36-37-60)67-58(71)54(66-57(70)53(65-55)41-45-34-38-63-39-35-45)44-75-62(49-27-13-4-14-28-49,50-29-15-5-16-30-50)51-31-17-6-18-32-51/h1-19,21-35,38-39,52-54H,20,36-37,40-44H2,(H,64,72)(H,65,68)(H,66,70)(H,67,71)/b33-19+/t52-,53+,54+/m0/s1. The molecule has 7 aromatic rings. The van der Waals surface area contributed by atoms with Crippen LogP contribution in [0.4, 0.5) is 0 Å². The van der Waals surface area contributed by atoms with E-state index >= 15 is 0 Å². The SMILES string of the molecule is O=C1C[C@H](/C=C/CCSC(c2ccccc2)(c2ccccc2)c2ccccc2)OC(=O)CNC(=O)C2(CC2)NC(=O)[C@@H](CSC(c2ccccc2)(c2ccccc2)c2ccccc2)NC(=O)[C@@H](Cc2ccncc2)N1. The molecule has 1 aliphatic carbocycles. The molecule has 1 saturated heterocycles. The number of allylic oxidation sites excluding steroid dienone is 1. The maximum atomic E-state index is 14.8. The number of pyridine rings is 1. The minimum Gasteiger partial charge on any atom is -0.456 e. The number of amides is 4. The zero-order chi connectivity index (χ0) is 51.9. The Morgan fingerprint density at radius 2 is 1.01 bits per heavy atom. The largest absolute Gasteiger partial charge is 0.456 e. The first-order chi connectivity index (χ1) is 36.7. The van der Waals surface area contributed by atoms with Crippen molar-refractivity contribution in [2.75, 3.05) is 18.1 Å². The predicted molar refractivity (Wildman–Crippen MR) is 297 cm³/mol. The number of rotatable bonds is 16. The fraction of sp³-hybridized carbons (Fsp3) is 0.226. The number of carbonyl (C=O) groups is 5. The van der Waals surface area contributed by atoms with Gasteiger partial charge in [0.15, 0.2) is 0 Å². The Morgan fingerprint density at radius 3 is 1.47 bits per heavy atom. The Kier molecular flexibility index (Phi) is 17.1. The van der Waals surface area contributed by atoms with Crippen LogP contribution in [0, 0.1) is 0 Å². The monoisotopic (exact) mass is 1030 g/mol. The van der Waals surface area contributed by atoms with Crippen molar-refractivity contribution in [2.24, 2.45) is 0 Å². The van der Waals surface area contributed by atoms with Crippen molar-refractivity contribution >= 4 is 53.1 Å². The van der Waals surface area contributed by atoms with Crippen molar-refractivity contribution < 1.29 is 28.7 Å². The molecular weight excluding hydrogens is 975 g/mol. The highest BCUT2D eigenvalue weighted by atomic mass is 32.2. The summed E-state index contributed by atoms with van der Waals surface area (Å²) in [5.41, 5.74) is 5.69. The molecule has 6 aromatic carbocycles. The highest BCUT2D eigenvalue weighted by Gasteiger charge is 2.52. The first kappa shape index (κ1) is 52.1. The van der Waals surface area contributed by atoms with Gasteiger partial charge in [-0.25, -0.2) is 0 Å². The number of hydrogen-bond acceptors (Lipinski definition) is 9. The van der Waals surface area contributed by atoms with E-state index in [1.54, 1.807) is 42.4 Å². The number of thioether (sulfide) groups is 2. The number of hydrogen-bond donors (Lipinski definition) is 4. The van der Waals surface area contributed by atoms with E-state index in [4.69, 9.17) is 4.74 Å². The van der Waals surface area contributed by atoms with Crippen LogP contribution in [-0.4, -0.2) is 76.4 Å². The van der Waals surface area contributed by atoms with Gasteiger partial charge >= 0.3 is 5.97 Å². The molecule has 9 rings (SSSR count). The third-order valence-electron chi connectivity index (χ3n) is 13.6. The molecule has 4 amide bonds. The van der Waals surface area contributed by atoms with E-state index in [1.165, 1.54) is 11.8 Å². The van der Waals surface area contributed by atoms with Crippen LogP contribution in [0.2, 0.25) is 0 Å². The summed E-state index contributed by atoms with van der Waals surface area (Å²) in [5, 5.41) is 11.6. The molecule has 0 bridgehead atoms. The molecule has 4 N–H and O–H groups in total. The van der Waals surface area contributed by atoms with Crippen LogP contribution in [0.25, 0.3) is 0 Å². The number of cyclic esters (lactones) is 1. The van der Waals surface area contributed by atoms with Gasteiger partial charge in [0.2, 0.25) is 23.6 Å². The summed E-state index contributed by atoms with van der Waals surface area (Å²) in [5.74, 6) is -2.32. The number of esters is 1. The average molecular weight is 1030 g/mol. The highest BCUT2D eigenvalue weighted by molar-refractivity contribution is 8.00. The van der Waals surface area contributed by atoms with Gasteiger partial charge in [0.1, 0.15) is 30.3 Å². The third-order valence-corrected chi connectivity index (χ3v) is 16.8. The van der Waals surface area contributed by atoms with Crippen LogP contribution in [0.1, 0.15) is 64.6 Å². The lowest BCUT2D eigenvalue weighted by Crippen LogP contribution is -2.59. The molecule has 0 unspecified atom stereocenters. The van der Waals surface area contributed by atoms with Gasteiger partial charge in [0, 0.05) is 24.6 Å². The summed E-state index contributed by atoms with van der Waals surface area (Å²) >= 11 is 3.27. The first-order valence-corrected chi connectivity index (χ1v) is 27.2. The van der Waals surface area contributed by atoms with Gasteiger partial charge in [-0.05, 0) is 82.2 Å². The van der Waals surface area contributed by atoms with E-state index in [9.17, 15) is 24.0 Å². The second-order valence-electron chi connectivity index (χ2n) is 18.7. The van der Waals surface area contributed by atoms with E-state index in [-0.39, 0.29) is 18.6 Å². The Hall–Kier alpha value is -7.74. The molecule has 1 saturated carbocycles. The molecule has 13 heteroatoms. The fourth-order valence-corrected chi connectivity index (χ4v) is 12.7. The zero-order valence-corrected chi connectivity index (χ0v) is 43.0. The number of aromatic nitrogens is 1. The number of nitrogens with zero attached hydrogens (tertiary/aromatic N) is 1. The van der Waals surface area contributed by atoms with Crippen LogP contribution in [0.3, 0.4) is 0 Å². The molecule has 2 aliphatic rings. The van der Waals surface area contributed by atoms with Crippen molar-refractivity contribution in [1.29, 1.82) is 0 Å². The van der Waals surface area contributed by atoms with E-state index in [0.29, 0.717) is 25.0 Å². The smallest absolute Gasteiger partial charge is 0.326 e. The number of benzene rings is 6. The summed E-state index contributed by atoms with van der Waals surface area (Å²) in [6.45, 7) is -0.486. The van der Waals surface area contributed by atoms with E-state index in [1.807, 2.05) is 115 Å². The lowest BCUT2D eigenvalue weighted by atomic mass is 9.84. The van der Waals surface area contributed by atoms with E-state index in [0.717, 1.165) is 38.9 Å². The molecule has 2 fully saturated rings. The molecule has 0 radical (unpaired) electrons. The predicted octanol–water partition coefficient (Wildman–Crippen LogP) is 9.07. The van der Waals surface area contributed by atoms with Gasteiger partial charge in [0.25, 0.3) is 0 Å². The highest BCUT2D eigenvalue weighted by Crippen LogP contribution is 2.50. The Morgan fingerprint density at radius 1 is 0.560 bits per heavy atom. The molecular formula is C62H59N5O6S2. The molecule has 11 nitrogen and oxygen atoms in total. The van der Waals surface area contributed by atoms with Crippen LogP contribution in [-0.2, 0) is 44.6 Å². The zero-order valence-electron chi connectivity index (χ0n) is 41.4. The maximum absolute atomic E-state index is 14.8. The molecule has 75 heavy (non-hydrogen) atoms. The lowest BCUT2D eigenvalue weighted by Gasteiger charge is -2.37. The lowest BCUT2D eigenvalue weighted by molar-refractivity contribution is -0.148. The van der Waals surface area contributed by atoms with Crippen LogP contribution >= 0.6 is 23.5 Å². The quantitative estimate of drug-likeness (QED) is 0.0321. The number of nitrogens with one attached hydrogen (secondary N) is 4. The number of ether oxygens (including phenoxy) is 1. The minimum absolute atomic E-state index is 0.0600. The van der Waals surface area contributed by atoms with Gasteiger partial charge in [-0.2, -0.15) is 0 Å². The first-order valence-electron chi connectivity index (χ1n) is 25.2. The number of carbonyl (C=O) groups excluding carboxylic acids is 5. The van der Waals surface area contributed by atoms with Gasteiger partial charge in [-0.3, -0.25) is 29.0 Å². The van der Waals surface area contributed by atoms with Crippen molar-refractivity contribution in [3.05, 3.63) is 258 Å². The van der Waals surface area contributed by atoms with Gasteiger partial charge in [-0.15, -0.1) is 23.5 Å². The second-order valence-corrected chi connectivity index (χ2v) is 21.2. The van der Waals surface area contributed by atoms with Crippen molar-refractivity contribution in [2.45, 2.75) is 65.3 Å². The van der Waals surface area contributed by atoms with Gasteiger partial charge in [-0.1, -0.05) is 188 Å². The topological polar surface area (TPSA) is 156 Å². The molecule has 1 aromatic heterocycles. The van der Waals surface area contributed by atoms with Gasteiger partial charge < -0.3 is 26.0 Å². The summed E-state index contributed by atoms with van der Waals surface area (Å²) < 4.78 is 4.51. The van der Waals surface area contributed by atoms with E-state index in [2.05, 4.69) is 99.0 Å².